The summed E-state index contributed by atoms with van der Waals surface area (Å²) in [6.45, 7) is 3.32. The van der Waals surface area contributed by atoms with Crippen molar-refractivity contribution in [3.8, 4) is 0 Å². The van der Waals surface area contributed by atoms with E-state index in [-0.39, 0.29) is 5.91 Å². The maximum absolute atomic E-state index is 12.1. The zero-order valence-corrected chi connectivity index (χ0v) is 12.4. The summed E-state index contributed by atoms with van der Waals surface area (Å²) >= 11 is 0. The van der Waals surface area contributed by atoms with Gasteiger partial charge in [0.1, 0.15) is 0 Å². The Morgan fingerprint density at radius 3 is 2.79 bits per heavy atom. The van der Waals surface area contributed by atoms with Crippen molar-refractivity contribution in [1.82, 2.24) is 10.2 Å². The molecule has 4 unspecified atom stereocenters. The molecule has 0 aromatic rings. The molecule has 2 fully saturated rings. The molecule has 0 aromatic heterocycles. The fourth-order valence-corrected chi connectivity index (χ4v) is 3.49. The molecular formula is C15H29N3O. The summed E-state index contributed by atoms with van der Waals surface area (Å²) in [5.41, 5.74) is 5.98. The Kier molecular flexibility index (Phi) is 5.22. The molecule has 0 bridgehead atoms. The van der Waals surface area contributed by atoms with Crippen LogP contribution in [-0.2, 0) is 4.79 Å². The lowest BCUT2D eigenvalue weighted by Gasteiger charge is -2.35. The number of piperidine rings is 1. The minimum absolute atomic E-state index is 0.237. The first-order chi connectivity index (χ1) is 9.04. The normalized spacial score (nSPS) is 37.0. The Bertz CT molecular complexity index is 308. The van der Waals surface area contributed by atoms with Crippen LogP contribution in [-0.4, -0.2) is 42.5 Å². The lowest BCUT2D eigenvalue weighted by atomic mass is 9.84. The Morgan fingerprint density at radius 1 is 1.32 bits per heavy atom. The third kappa shape index (κ3) is 4.46. The summed E-state index contributed by atoms with van der Waals surface area (Å²) in [6, 6.07) is 1.26. The van der Waals surface area contributed by atoms with E-state index in [1.807, 2.05) is 0 Å². The number of hydrogen-bond donors (Lipinski definition) is 2. The molecule has 4 atom stereocenters. The average Bonchev–Trinajstić information content (AvgIpc) is 2.34. The average molecular weight is 267 g/mol. The molecule has 1 saturated heterocycles. The number of amides is 1. The fourth-order valence-electron chi connectivity index (χ4n) is 3.49. The highest BCUT2D eigenvalue weighted by atomic mass is 16.1. The second kappa shape index (κ2) is 6.71. The molecule has 2 aliphatic rings. The number of carbonyl (C=O) groups excluding carboxylic acids is 1. The van der Waals surface area contributed by atoms with Crippen molar-refractivity contribution in [2.45, 2.75) is 70.0 Å². The third-order valence-electron chi connectivity index (χ3n) is 4.87. The number of nitrogens with zero attached hydrogens (tertiary/aromatic N) is 1. The molecule has 0 aromatic carbocycles. The molecule has 1 heterocycles. The largest absolute Gasteiger partial charge is 0.353 e. The third-order valence-corrected chi connectivity index (χ3v) is 4.87. The van der Waals surface area contributed by atoms with Crippen LogP contribution in [0, 0.1) is 5.92 Å². The summed E-state index contributed by atoms with van der Waals surface area (Å²) in [4.78, 5) is 14.5. The van der Waals surface area contributed by atoms with Crippen molar-refractivity contribution in [3.05, 3.63) is 0 Å². The molecule has 1 saturated carbocycles. The first-order valence-electron chi connectivity index (χ1n) is 7.79. The second-order valence-electron chi connectivity index (χ2n) is 6.62. The summed E-state index contributed by atoms with van der Waals surface area (Å²) in [5.74, 6) is 0.744. The molecule has 110 valence electrons. The van der Waals surface area contributed by atoms with Gasteiger partial charge in [0.05, 0.1) is 0 Å². The van der Waals surface area contributed by atoms with Crippen molar-refractivity contribution in [2.75, 3.05) is 13.6 Å². The number of carbonyl (C=O) groups is 1. The number of rotatable bonds is 3. The van der Waals surface area contributed by atoms with Crippen LogP contribution in [0.25, 0.3) is 0 Å². The van der Waals surface area contributed by atoms with Gasteiger partial charge in [-0.3, -0.25) is 4.79 Å². The van der Waals surface area contributed by atoms with Gasteiger partial charge in [0.15, 0.2) is 0 Å². The van der Waals surface area contributed by atoms with E-state index in [4.69, 9.17) is 5.73 Å². The van der Waals surface area contributed by atoms with Gasteiger partial charge in [-0.25, -0.2) is 0 Å². The van der Waals surface area contributed by atoms with E-state index in [1.165, 1.54) is 12.8 Å². The van der Waals surface area contributed by atoms with Gasteiger partial charge in [-0.15, -0.1) is 0 Å². The van der Waals surface area contributed by atoms with Gasteiger partial charge in [0.25, 0.3) is 0 Å². The molecule has 0 radical (unpaired) electrons. The first-order valence-corrected chi connectivity index (χ1v) is 7.79. The highest BCUT2D eigenvalue weighted by Crippen LogP contribution is 2.26. The van der Waals surface area contributed by atoms with E-state index in [9.17, 15) is 4.79 Å². The van der Waals surface area contributed by atoms with Crippen LogP contribution in [0.15, 0.2) is 0 Å². The smallest absolute Gasteiger partial charge is 0.220 e. The number of nitrogens with one attached hydrogen (secondary N) is 1. The summed E-state index contributed by atoms with van der Waals surface area (Å²) < 4.78 is 0. The second-order valence-corrected chi connectivity index (χ2v) is 6.62. The maximum Gasteiger partial charge on any atom is 0.220 e. The van der Waals surface area contributed by atoms with Crippen LogP contribution < -0.4 is 11.1 Å². The Balaban J connectivity index is 1.72. The molecular weight excluding hydrogens is 238 g/mol. The Morgan fingerprint density at radius 2 is 2.11 bits per heavy atom. The lowest BCUT2D eigenvalue weighted by molar-refractivity contribution is -0.123. The lowest BCUT2D eigenvalue weighted by Crippen LogP contribution is -2.47. The Hall–Kier alpha value is -0.610. The zero-order valence-electron chi connectivity index (χ0n) is 12.4. The van der Waals surface area contributed by atoms with Crippen molar-refractivity contribution < 1.29 is 4.79 Å². The van der Waals surface area contributed by atoms with Crippen LogP contribution >= 0.6 is 0 Å². The quantitative estimate of drug-likeness (QED) is 0.814. The van der Waals surface area contributed by atoms with Gasteiger partial charge in [0.2, 0.25) is 5.91 Å². The zero-order chi connectivity index (χ0) is 13.8. The van der Waals surface area contributed by atoms with Crippen LogP contribution in [0.1, 0.15) is 51.9 Å². The van der Waals surface area contributed by atoms with Gasteiger partial charge < -0.3 is 16.0 Å². The first kappa shape index (κ1) is 14.8. The van der Waals surface area contributed by atoms with E-state index < -0.39 is 0 Å². The minimum Gasteiger partial charge on any atom is -0.353 e. The van der Waals surface area contributed by atoms with Crippen molar-refractivity contribution in [3.63, 3.8) is 0 Å². The van der Waals surface area contributed by atoms with Crippen LogP contribution in [0.3, 0.4) is 0 Å². The van der Waals surface area contributed by atoms with Crippen molar-refractivity contribution in [1.29, 1.82) is 0 Å². The molecule has 3 N–H and O–H groups in total. The topological polar surface area (TPSA) is 58.4 Å². The van der Waals surface area contributed by atoms with Gasteiger partial charge in [-0.05, 0) is 52.0 Å². The molecule has 19 heavy (non-hydrogen) atoms. The molecule has 2 rings (SSSR count). The van der Waals surface area contributed by atoms with Crippen LogP contribution in [0.5, 0.6) is 0 Å². The van der Waals surface area contributed by atoms with Crippen molar-refractivity contribution in [2.24, 2.45) is 11.7 Å². The predicted molar refractivity (Wildman–Crippen MR) is 77.8 cm³/mol. The van der Waals surface area contributed by atoms with Gasteiger partial charge in [-0.1, -0.05) is 6.42 Å². The monoisotopic (exact) mass is 267 g/mol. The minimum atomic E-state index is 0.237. The molecule has 1 amide bonds. The van der Waals surface area contributed by atoms with Crippen LogP contribution in [0.4, 0.5) is 0 Å². The summed E-state index contributed by atoms with van der Waals surface area (Å²) in [6.07, 6.45) is 7.34. The molecule has 0 spiro atoms. The van der Waals surface area contributed by atoms with E-state index in [0.717, 1.165) is 32.2 Å². The van der Waals surface area contributed by atoms with E-state index in [2.05, 4.69) is 24.2 Å². The number of hydrogen-bond acceptors (Lipinski definition) is 3. The summed E-state index contributed by atoms with van der Waals surface area (Å²) in [5, 5.41) is 3.23. The van der Waals surface area contributed by atoms with Crippen LogP contribution in [0.2, 0.25) is 0 Å². The van der Waals surface area contributed by atoms with Gasteiger partial charge in [-0.2, -0.15) is 0 Å². The van der Waals surface area contributed by atoms with Gasteiger partial charge in [0, 0.05) is 31.1 Å². The fraction of sp³-hybridized carbons (Fsp3) is 0.933. The number of likely N-dealkylation sites (tertiary alicyclic amines) is 1. The van der Waals surface area contributed by atoms with E-state index >= 15 is 0 Å². The van der Waals surface area contributed by atoms with Crippen molar-refractivity contribution >= 4 is 5.91 Å². The summed E-state index contributed by atoms with van der Waals surface area (Å²) in [7, 11) is 2.16. The standard InChI is InChI=1S/C15H29N3O/c1-11-8-14(6-7-18(11)2)17-15(19)10-12-4-3-5-13(16)9-12/h11-14H,3-10,16H2,1-2H3,(H,17,19). The molecule has 4 heteroatoms. The number of nitrogens with two attached hydrogens (primary N) is 1. The predicted octanol–water partition coefficient (Wildman–Crippen LogP) is 1.49. The van der Waals surface area contributed by atoms with E-state index in [0.29, 0.717) is 30.5 Å². The highest BCUT2D eigenvalue weighted by molar-refractivity contribution is 5.76. The molecule has 1 aliphatic heterocycles. The SMILES string of the molecule is CC1CC(NC(=O)CC2CCCC(N)C2)CCN1C. The molecule has 4 nitrogen and oxygen atoms in total. The highest BCUT2D eigenvalue weighted by Gasteiger charge is 2.26. The Labute approximate surface area is 117 Å². The maximum atomic E-state index is 12.1. The van der Waals surface area contributed by atoms with E-state index in [1.54, 1.807) is 0 Å². The van der Waals surface area contributed by atoms with Gasteiger partial charge >= 0.3 is 0 Å². The molecule has 1 aliphatic carbocycles.